The van der Waals surface area contributed by atoms with Crippen molar-refractivity contribution in [3.8, 4) is 0 Å². The summed E-state index contributed by atoms with van der Waals surface area (Å²) in [5.74, 6) is -1.70. The Labute approximate surface area is 312 Å². The summed E-state index contributed by atoms with van der Waals surface area (Å²) in [5.41, 5.74) is 1.26. The third kappa shape index (κ3) is 9.82. The molecule has 1 aromatic heterocycles. The molecule has 3 aromatic carbocycles. The van der Waals surface area contributed by atoms with Gasteiger partial charge in [0.05, 0.1) is 18.1 Å². The van der Waals surface area contributed by atoms with Gasteiger partial charge in [-0.05, 0) is 67.9 Å². The van der Waals surface area contributed by atoms with E-state index in [0.717, 1.165) is 21.9 Å². The van der Waals surface area contributed by atoms with Crippen molar-refractivity contribution in [2.75, 3.05) is 6.54 Å². The van der Waals surface area contributed by atoms with E-state index >= 15 is 0 Å². The zero-order valence-electron chi connectivity index (χ0n) is 32.2. The van der Waals surface area contributed by atoms with Crippen molar-refractivity contribution in [2.24, 2.45) is 5.41 Å². The molecule has 1 fully saturated rings. The lowest BCUT2D eigenvalue weighted by atomic mass is 9.85. The molecular weight excluding hydrogens is 668 g/mol. The quantitative estimate of drug-likeness (QED) is 0.162. The van der Waals surface area contributed by atoms with E-state index in [0.29, 0.717) is 31.6 Å². The van der Waals surface area contributed by atoms with E-state index in [9.17, 15) is 19.2 Å². The third-order valence-corrected chi connectivity index (χ3v) is 9.67. The molecule has 4 amide bonds. The van der Waals surface area contributed by atoms with Crippen LogP contribution in [0.2, 0.25) is 0 Å². The van der Waals surface area contributed by atoms with E-state index in [2.05, 4.69) is 20.9 Å². The molecule has 11 nitrogen and oxygen atoms in total. The maximum atomic E-state index is 14.5. The normalized spacial score (nSPS) is 17.1. The summed E-state index contributed by atoms with van der Waals surface area (Å²) in [7, 11) is 0. The summed E-state index contributed by atoms with van der Waals surface area (Å²) in [6.07, 6.45) is 3.85. The number of ether oxygens (including phenoxy) is 1. The number of carbonyl (C=O) groups excluding carboxylic acids is 4. The second-order valence-electron chi connectivity index (χ2n) is 16.2. The van der Waals surface area contributed by atoms with E-state index in [1.807, 2.05) is 118 Å². The number of imidazole rings is 1. The first-order valence-electron chi connectivity index (χ1n) is 18.5. The number of benzene rings is 3. The zero-order chi connectivity index (χ0) is 38.5. The lowest BCUT2D eigenvalue weighted by molar-refractivity contribution is -0.142. The molecule has 5 atom stereocenters. The molecule has 2 heterocycles. The van der Waals surface area contributed by atoms with Gasteiger partial charge in [0.25, 0.3) is 0 Å². The molecule has 1 aliphatic heterocycles. The maximum Gasteiger partial charge on any atom is 0.408 e. The van der Waals surface area contributed by atoms with Crippen molar-refractivity contribution in [1.82, 2.24) is 30.4 Å². The number of nitrogens with one attached hydrogen (secondary N) is 3. The van der Waals surface area contributed by atoms with Crippen LogP contribution in [-0.4, -0.2) is 68.5 Å². The predicted molar refractivity (Wildman–Crippen MR) is 206 cm³/mol. The van der Waals surface area contributed by atoms with E-state index < -0.39 is 53.0 Å². The standard InChI is InChI=1S/C42H54N6O5/c1-27(33-25-47(26-43-33)24-29-16-10-9-11-17-29)35(45-40(52)53-42(6,7)8)39(51)48-23-15-22-34(48)37(49)46-36(41(3,4)5)38(50)44-28(2)31-21-14-19-30-18-12-13-20-32(30)31/h9-14,16-21,25-28,34-36H,15,22-24H2,1-8H3,(H,44,50)(H,45,52)(H,46,49)/t27-,28+,34+,35+,36+/m1/s1. The van der Waals surface area contributed by atoms with Crippen molar-refractivity contribution in [3.63, 3.8) is 0 Å². The highest BCUT2D eigenvalue weighted by molar-refractivity contribution is 5.95. The minimum Gasteiger partial charge on any atom is -0.444 e. The van der Waals surface area contributed by atoms with Gasteiger partial charge in [-0.3, -0.25) is 14.4 Å². The molecule has 3 N–H and O–H groups in total. The van der Waals surface area contributed by atoms with E-state index in [1.165, 1.54) is 4.90 Å². The van der Waals surface area contributed by atoms with Gasteiger partial charge in [-0.15, -0.1) is 0 Å². The lowest BCUT2D eigenvalue weighted by Gasteiger charge is -2.35. The van der Waals surface area contributed by atoms with Crippen LogP contribution in [0.5, 0.6) is 0 Å². The number of hydrogen-bond acceptors (Lipinski definition) is 6. The zero-order valence-corrected chi connectivity index (χ0v) is 32.2. The molecule has 53 heavy (non-hydrogen) atoms. The number of fused-ring (bicyclic) bond motifs is 1. The average Bonchev–Trinajstić information content (AvgIpc) is 3.78. The van der Waals surface area contributed by atoms with Crippen LogP contribution in [-0.2, 0) is 25.7 Å². The van der Waals surface area contributed by atoms with Crippen molar-refractivity contribution in [2.45, 2.75) is 110 Å². The first-order chi connectivity index (χ1) is 25.0. The molecule has 0 saturated carbocycles. The van der Waals surface area contributed by atoms with E-state index in [4.69, 9.17) is 4.74 Å². The van der Waals surface area contributed by atoms with Gasteiger partial charge in [0.15, 0.2) is 0 Å². The fourth-order valence-electron chi connectivity index (χ4n) is 6.90. The van der Waals surface area contributed by atoms with Gasteiger partial charge in [-0.25, -0.2) is 9.78 Å². The highest BCUT2D eigenvalue weighted by Gasteiger charge is 2.43. The third-order valence-electron chi connectivity index (χ3n) is 9.67. The summed E-state index contributed by atoms with van der Waals surface area (Å²) >= 11 is 0. The molecule has 1 aliphatic rings. The monoisotopic (exact) mass is 722 g/mol. The van der Waals surface area contributed by atoms with Gasteiger partial charge in [0.1, 0.15) is 23.7 Å². The molecule has 5 rings (SSSR count). The Hall–Kier alpha value is -5.19. The molecule has 11 heteroatoms. The summed E-state index contributed by atoms with van der Waals surface area (Å²) in [4.78, 5) is 61.7. The predicted octanol–water partition coefficient (Wildman–Crippen LogP) is 6.48. The minimum absolute atomic E-state index is 0.314. The van der Waals surface area contributed by atoms with Crippen LogP contribution < -0.4 is 16.0 Å². The van der Waals surface area contributed by atoms with Crippen LogP contribution in [0.1, 0.15) is 97.0 Å². The van der Waals surface area contributed by atoms with Gasteiger partial charge in [0.2, 0.25) is 17.7 Å². The Morgan fingerprint density at radius 2 is 1.55 bits per heavy atom. The van der Waals surface area contributed by atoms with E-state index in [1.54, 1.807) is 27.1 Å². The van der Waals surface area contributed by atoms with Crippen LogP contribution in [0.15, 0.2) is 85.3 Å². The molecule has 0 aliphatic carbocycles. The Bertz CT molecular complexity index is 1900. The molecule has 282 valence electrons. The Morgan fingerprint density at radius 3 is 2.25 bits per heavy atom. The number of amides is 4. The van der Waals surface area contributed by atoms with Gasteiger partial charge >= 0.3 is 6.09 Å². The Morgan fingerprint density at radius 1 is 0.868 bits per heavy atom. The van der Waals surface area contributed by atoms with Crippen LogP contribution in [0.4, 0.5) is 4.79 Å². The first kappa shape index (κ1) is 39.0. The second kappa shape index (κ2) is 16.2. The van der Waals surface area contributed by atoms with Crippen LogP contribution in [0.25, 0.3) is 10.8 Å². The van der Waals surface area contributed by atoms with Crippen molar-refractivity contribution >= 4 is 34.6 Å². The number of alkyl carbamates (subject to hydrolysis) is 1. The number of carbonyl (C=O) groups is 4. The maximum absolute atomic E-state index is 14.5. The minimum atomic E-state index is -1.07. The van der Waals surface area contributed by atoms with Crippen molar-refractivity contribution in [1.29, 1.82) is 0 Å². The molecule has 0 bridgehead atoms. The number of likely N-dealkylation sites (tertiary alicyclic amines) is 1. The summed E-state index contributed by atoms with van der Waals surface area (Å²) in [6, 6.07) is 20.9. The molecule has 0 unspecified atom stereocenters. The second-order valence-corrected chi connectivity index (χ2v) is 16.2. The number of rotatable bonds is 11. The SMILES string of the molecule is C[C@H](NC(=O)[C@H](NC(=O)[C@@H]1CCCN1C(=O)[C@@H](NC(=O)OC(C)(C)C)[C@H](C)c1cn(Cc2ccccc2)cn1)C(C)(C)C)c1cccc2ccccc12. The Balaban J connectivity index is 1.34. The van der Waals surface area contributed by atoms with Crippen LogP contribution >= 0.6 is 0 Å². The Kier molecular flexibility index (Phi) is 11.9. The van der Waals surface area contributed by atoms with Gasteiger partial charge in [0, 0.05) is 25.2 Å². The van der Waals surface area contributed by atoms with Gasteiger partial charge in [-0.2, -0.15) is 0 Å². The number of nitrogens with zero attached hydrogens (tertiary/aromatic N) is 3. The van der Waals surface area contributed by atoms with E-state index in [-0.39, 0.29) is 11.9 Å². The molecular formula is C42H54N6O5. The smallest absolute Gasteiger partial charge is 0.408 e. The topological polar surface area (TPSA) is 135 Å². The first-order valence-corrected chi connectivity index (χ1v) is 18.5. The fourth-order valence-corrected chi connectivity index (χ4v) is 6.90. The highest BCUT2D eigenvalue weighted by atomic mass is 16.6. The molecule has 0 radical (unpaired) electrons. The van der Waals surface area contributed by atoms with Crippen LogP contribution in [0, 0.1) is 5.41 Å². The summed E-state index contributed by atoms with van der Waals surface area (Å²) in [6.45, 7) is 15.6. The number of aromatic nitrogens is 2. The molecule has 4 aromatic rings. The van der Waals surface area contributed by atoms with Gasteiger partial charge < -0.3 is 30.2 Å². The molecule has 1 saturated heterocycles. The fraction of sp³-hybridized carbons (Fsp3) is 0.452. The molecule has 0 spiro atoms. The van der Waals surface area contributed by atoms with Crippen LogP contribution in [0.3, 0.4) is 0 Å². The van der Waals surface area contributed by atoms with Crippen molar-refractivity contribution < 1.29 is 23.9 Å². The summed E-state index contributed by atoms with van der Waals surface area (Å²) < 4.78 is 7.49. The summed E-state index contributed by atoms with van der Waals surface area (Å²) in [5, 5.41) is 11.1. The highest BCUT2D eigenvalue weighted by Crippen LogP contribution is 2.28. The van der Waals surface area contributed by atoms with Gasteiger partial charge in [-0.1, -0.05) is 100 Å². The number of hydrogen-bond donors (Lipinski definition) is 3. The van der Waals surface area contributed by atoms with Crippen molar-refractivity contribution in [3.05, 3.63) is 102 Å². The largest absolute Gasteiger partial charge is 0.444 e. The average molecular weight is 723 g/mol. The lowest BCUT2D eigenvalue weighted by Crippen LogP contribution is -2.59.